The number of hydrogen-bond acceptors (Lipinski definition) is 8. The Hall–Kier alpha value is -2.28. The lowest BCUT2D eigenvalue weighted by Crippen LogP contribution is -2.58. The highest BCUT2D eigenvalue weighted by atomic mass is 32.2. The van der Waals surface area contributed by atoms with Gasteiger partial charge in [-0.15, -0.1) is 0 Å². The minimum absolute atomic E-state index is 0.0540. The number of nitrogens with two attached hydrogens (primary N) is 1. The molecule has 0 aliphatic rings. The first-order valence-electron chi connectivity index (χ1n) is 9.87. The van der Waals surface area contributed by atoms with Gasteiger partial charge in [-0.05, 0) is 24.0 Å². The molecule has 1 rings (SSSR count). The van der Waals surface area contributed by atoms with Crippen LogP contribution in [0, 0.1) is 0 Å². The number of aliphatic carboxylic acids is 1. The molecule has 32 heavy (non-hydrogen) atoms. The van der Waals surface area contributed by atoms with E-state index in [9.17, 15) is 29.4 Å². The lowest BCUT2D eigenvalue weighted by Gasteiger charge is -2.23. The topological polar surface area (TPSA) is 171 Å². The Balaban J connectivity index is 2.73. The summed E-state index contributed by atoms with van der Waals surface area (Å²) in [5.41, 5.74) is 6.47. The maximum Gasteiger partial charge on any atom is 0.326 e. The minimum Gasteiger partial charge on any atom is -0.480 e. The molecule has 0 spiro atoms. The summed E-state index contributed by atoms with van der Waals surface area (Å²) >= 11 is 5.56. The molecule has 0 heterocycles. The summed E-state index contributed by atoms with van der Waals surface area (Å²) in [4.78, 5) is 48.7. The van der Waals surface area contributed by atoms with E-state index in [2.05, 4.69) is 28.6 Å². The van der Waals surface area contributed by atoms with Gasteiger partial charge in [0.25, 0.3) is 0 Å². The number of carbonyl (C=O) groups excluding carboxylic acids is 3. The number of benzene rings is 1. The van der Waals surface area contributed by atoms with Crippen molar-refractivity contribution in [1.29, 1.82) is 0 Å². The number of nitrogens with one attached hydrogen (secondary N) is 3. The van der Waals surface area contributed by atoms with Crippen molar-refractivity contribution in [2.45, 2.75) is 37.0 Å². The zero-order valence-corrected chi connectivity index (χ0v) is 19.4. The molecule has 0 saturated heterocycles. The Kier molecular flexibility index (Phi) is 12.8. The van der Waals surface area contributed by atoms with Crippen molar-refractivity contribution in [3.8, 4) is 0 Å². The summed E-state index contributed by atoms with van der Waals surface area (Å²) < 4.78 is 0. The second-order valence-corrected chi connectivity index (χ2v) is 8.32. The van der Waals surface area contributed by atoms with Crippen molar-refractivity contribution in [3.05, 3.63) is 35.9 Å². The Morgan fingerprint density at radius 1 is 1.00 bits per heavy atom. The highest BCUT2D eigenvalue weighted by Gasteiger charge is 2.29. The van der Waals surface area contributed by atoms with Crippen molar-refractivity contribution in [3.63, 3.8) is 0 Å². The Morgan fingerprint density at radius 2 is 1.56 bits per heavy atom. The molecule has 1 aromatic rings. The lowest BCUT2D eigenvalue weighted by molar-refractivity contribution is -0.142. The molecule has 0 fully saturated rings. The summed E-state index contributed by atoms with van der Waals surface area (Å²) in [7, 11) is 0. The van der Waals surface area contributed by atoms with E-state index in [1.165, 1.54) is 11.8 Å². The summed E-state index contributed by atoms with van der Waals surface area (Å²) in [5, 5.41) is 26.0. The fourth-order valence-corrected chi connectivity index (χ4v) is 3.38. The van der Waals surface area contributed by atoms with E-state index in [0.29, 0.717) is 17.7 Å². The summed E-state index contributed by atoms with van der Waals surface area (Å²) in [6, 6.07) is 4.20. The molecule has 0 aliphatic heterocycles. The highest BCUT2D eigenvalue weighted by molar-refractivity contribution is 7.98. The molecule has 0 radical (unpaired) electrons. The molecular weight excluding hydrogens is 456 g/mol. The number of carboxylic acid groups (broad SMARTS) is 1. The fraction of sp³-hybridized carbons (Fsp3) is 0.500. The second kappa shape index (κ2) is 14.7. The van der Waals surface area contributed by atoms with E-state index < -0.39 is 54.5 Å². The Morgan fingerprint density at radius 3 is 2.09 bits per heavy atom. The minimum atomic E-state index is -1.32. The zero-order valence-electron chi connectivity index (χ0n) is 17.7. The molecule has 12 heteroatoms. The predicted molar refractivity (Wildman–Crippen MR) is 125 cm³/mol. The van der Waals surface area contributed by atoms with Crippen LogP contribution in [0.3, 0.4) is 0 Å². The van der Waals surface area contributed by atoms with Crippen LogP contribution in [0.25, 0.3) is 0 Å². The largest absolute Gasteiger partial charge is 0.480 e. The van der Waals surface area contributed by atoms with Gasteiger partial charge >= 0.3 is 5.97 Å². The predicted octanol–water partition coefficient (Wildman–Crippen LogP) is -1.23. The number of aliphatic hydroxyl groups is 1. The van der Waals surface area contributed by atoms with E-state index in [1.807, 2.05) is 6.26 Å². The summed E-state index contributed by atoms with van der Waals surface area (Å²) in [6.45, 7) is -0.709. The van der Waals surface area contributed by atoms with E-state index >= 15 is 0 Å². The van der Waals surface area contributed by atoms with Gasteiger partial charge in [0, 0.05) is 12.2 Å². The monoisotopic (exact) mass is 486 g/mol. The van der Waals surface area contributed by atoms with Gasteiger partial charge in [0.1, 0.15) is 18.1 Å². The smallest absolute Gasteiger partial charge is 0.326 e. The standard InChI is InChI=1S/C20H30N4O6S2/c1-32-8-7-13(21)17(26)23-15(10-25)18(27)24-16(11-31)19(28)22-14(20(29)30)9-12-5-3-2-4-6-12/h2-6,13-16,25,31H,7-11,21H2,1H3,(H,22,28)(H,23,26)(H,24,27)(H,29,30). The van der Waals surface area contributed by atoms with Crippen LogP contribution in [0.5, 0.6) is 0 Å². The van der Waals surface area contributed by atoms with E-state index in [0.717, 1.165) is 0 Å². The van der Waals surface area contributed by atoms with E-state index in [-0.39, 0.29) is 12.2 Å². The second-order valence-electron chi connectivity index (χ2n) is 6.96. The Labute approximate surface area is 196 Å². The van der Waals surface area contributed by atoms with Crippen LogP contribution in [0.1, 0.15) is 12.0 Å². The maximum atomic E-state index is 12.6. The lowest BCUT2D eigenvalue weighted by atomic mass is 10.1. The molecule has 10 nitrogen and oxygen atoms in total. The van der Waals surface area contributed by atoms with Gasteiger partial charge in [-0.3, -0.25) is 14.4 Å². The normalized spacial score (nSPS) is 14.5. The van der Waals surface area contributed by atoms with Gasteiger partial charge in [-0.25, -0.2) is 4.79 Å². The molecule has 0 saturated carbocycles. The zero-order chi connectivity index (χ0) is 24.1. The van der Waals surface area contributed by atoms with Gasteiger partial charge < -0.3 is 31.9 Å². The number of carboxylic acids is 1. The van der Waals surface area contributed by atoms with Crippen molar-refractivity contribution in [2.24, 2.45) is 5.73 Å². The van der Waals surface area contributed by atoms with Crippen LogP contribution >= 0.6 is 24.4 Å². The maximum absolute atomic E-state index is 12.6. The first-order chi connectivity index (χ1) is 15.2. The number of rotatable bonds is 14. The fourth-order valence-electron chi connectivity index (χ4n) is 2.64. The molecule has 0 aromatic heterocycles. The number of hydrogen-bond donors (Lipinski definition) is 7. The van der Waals surface area contributed by atoms with Gasteiger partial charge in [0.05, 0.1) is 12.6 Å². The van der Waals surface area contributed by atoms with Gasteiger partial charge in [-0.1, -0.05) is 30.3 Å². The highest BCUT2D eigenvalue weighted by Crippen LogP contribution is 2.05. The van der Waals surface area contributed by atoms with E-state index in [4.69, 9.17) is 5.73 Å². The quantitative estimate of drug-likeness (QED) is 0.160. The SMILES string of the molecule is CSCCC(N)C(=O)NC(CO)C(=O)NC(CS)C(=O)NC(Cc1ccccc1)C(=O)O. The average Bonchev–Trinajstić information content (AvgIpc) is 2.78. The molecule has 1 aromatic carbocycles. The average molecular weight is 487 g/mol. The summed E-state index contributed by atoms with van der Waals surface area (Å²) in [5.74, 6) is -2.88. The number of amides is 3. The van der Waals surface area contributed by atoms with E-state index in [1.54, 1.807) is 30.3 Å². The molecule has 0 bridgehead atoms. The van der Waals surface area contributed by atoms with Crippen molar-refractivity contribution in [2.75, 3.05) is 24.4 Å². The number of aliphatic hydroxyl groups excluding tert-OH is 1. The van der Waals surface area contributed by atoms with Crippen molar-refractivity contribution in [1.82, 2.24) is 16.0 Å². The number of thioether (sulfide) groups is 1. The first-order valence-corrected chi connectivity index (χ1v) is 11.9. The number of carbonyl (C=O) groups is 4. The number of thiol groups is 1. The molecule has 7 N–H and O–H groups in total. The molecule has 178 valence electrons. The van der Waals surface area contributed by atoms with Gasteiger partial charge in [0.2, 0.25) is 17.7 Å². The van der Waals surface area contributed by atoms with Crippen LogP contribution in [-0.2, 0) is 25.6 Å². The molecule has 0 aliphatic carbocycles. The third-order valence-corrected chi connectivity index (χ3v) is 5.51. The van der Waals surface area contributed by atoms with Crippen LogP contribution in [0.15, 0.2) is 30.3 Å². The van der Waals surface area contributed by atoms with Gasteiger partial charge in [-0.2, -0.15) is 24.4 Å². The van der Waals surface area contributed by atoms with Crippen molar-refractivity contribution >= 4 is 48.1 Å². The Bertz CT molecular complexity index is 768. The van der Waals surface area contributed by atoms with Crippen LogP contribution in [-0.4, -0.2) is 82.4 Å². The van der Waals surface area contributed by atoms with Gasteiger partial charge in [0.15, 0.2) is 0 Å². The van der Waals surface area contributed by atoms with Crippen LogP contribution < -0.4 is 21.7 Å². The third-order valence-electron chi connectivity index (χ3n) is 4.50. The van der Waals surface area contributed by atoms with Crippen LogP contribution in [0.2, 0.25) is 0 Å². The third kappa shape index (κ3) is 9.47. The summed E-state index contributed by atoms with van der Waals surface area (Å²) in [6.07, 6.45) is 2.32. The first kappa shape index (κ1) is 27.8. The van der Waals surface area contributed by atoms with Crippen LogP contribution in [0.4, 0.5) is 0 Å². The molecule has 4 atom stereocenters. The van der Waals surface area contributed by atoms with Crippen molar-refractivity contribution < 1.29 is 29.4 Å². The molecule has 3 amide bonds. The molecular formula is C20H30N4O6S2. The molecule has 4 unspecified atom stereocenters.